The molecule has 0 rings (SSSR count). The maximum atomic E-state index is 12.6. The van der Waals surface area contributed by atoms with Crippen LogP contribution in [0.25, 0.3) is 0 Å². The summed E-state index contributed by atoms with van der Waals surface area (Å²) in [5, 5.41) is 8.77. The Labute approximate surface area is 284 Å². The molecular weight excluding hydrogens is 568 g/mol. The fourth-order valence-electron chi connectivity index (χ4n) is 5.21. The minimum absolute atomic E-state index is 0.0323. The second-order valence-corrected chi connectivity index (χ2v) is 12.4. The van der Waals surface area contributed by atoms with Crippen LogP contribution in [0.15, 0.2) is 72.9 Å². The van der Waals surface area contributed by atoms with Crippen molar-refractivity contribution >= 4 is 11.9 Å². The first-order valence-electron chi connectivity index (χ1n) is 18.9. The number of esters is 1. The normalized spacial score (nSPS) is 13.1. The predicted molar refractivity (Wildman–Crippen MR) is 199 cm³/mol. The van der Waals surface area contributed by atoms with Crippen LogP contribution in [0, 0.1) is 0 Å². The molecule has 46 heavy (non-hydrogen) atoms. The standard InChI is InChI=1S/C42H70O4/c1-3-5-7-9-11-13-14-15-16-17-18-19-20-21-22-23-25-31-35-39-42(45)46-40(36-32-28-24-12-10-8-6-4-2)37-33-29-26-27-30-34-38-41(43)44/h5,7,11,13,15-16,18-19,21-22,25,31,40H,3-4,6,8-10,12,14,17,20,23-24,26-30,32-39H2,1-2H3,(H,43,44)/b7-5-,13-11-,16-15-,19-18-,22-21-,31-25-. The van der Waals surface area contributed by atoms with Gasteiger partial charge in [-0.2, -0.15) is 0 Å². The van der Waals surface area contributed by atoms with E-state index in [2.05, 4.69) is 86.8 Å². The summed E-state index contributed by atoms with van der Waals surface area (Å²) < 4.78 is 5.95. The lowest BCUT2D eigenvalue weighted by Gasteiger charge is -2.18. The summed E-state index contributed by atoms with van der Waals surface area (Å²) in [6, 6.07) is 0. The van der Waals surface area contributed by atoms with E-state index >= 15 is 0 Å². The van der Waals surface area contributed by atoms with Gasteiger partial charge in [0.2, 0.25) is 0 Å². The highest BCUT2D eigenvalue weighted by atomic mass is 16.5. The molecule has 0 heterocycles. The van der Waals surface area contributed by atoms with Gasteiger partial charge < -0.3 is 9.84 Å². The Morgan fingerprint density at radius 2 is 0.891 bits per heavy atom. The van der Waals surface area contributed by atoms with Crippen molar-refractivity contribution in [3.63, 3.8) is 0 Å². The van der Waals surface area contributed by atoms with Crippen molar-refractivity contribution in [3.8, 4) is 0 Å². The topological polar surface area (TPSA) is 63.6 Å². The maximum Gasteiger partial charge on any atom is 0.306 e. The molecule has 262 valence electrons. The van der Waals surface area contributed by atoms with E-state index in [4.69, 9.17) is 9.84 Å². The molecule has 0 saturated heterocycles. The average Bonchev–Trinajstić information content (AvgIpc) is 3.04. The molecule has 0 bridgehead atoms. The fourth-order valence-corrected chi connectivity index (χ4v) is 5.21. The van der Waals surface area contributed by atoms with Crippen LogP contribution in [0.4, 0.5) is 0 Å². The Morgan fingerprint density at radius 1 is 0.500 bits per heavy atom. The zero-order valence-corrected chi connectivity index (χ0v) is 29.9. The van der Waals surface area contributed by atoms with E-state index in [9.17, 15) is 9.59 Å². The highest BCUT2D eigenvalue weighted by Gasteiger charge is 2.14. The van der Waals surface area contributed by atoms with Gasteiger partial charge in [-0.15, -0.1) is 0 Å². The summed E-state index contributed by atoms with van der Waals surface area (Å²) in [7, 11) is 0. The minimum Gasteiger partial charge on any atom is -0.481 e. The number of ether oxygens (including phenoxy) is 1. The smallest absolute Gasteiger partial charge is 0.306 e. The number of carbonyl (C=O) groups is 2. The molecule has 1 atom stereocenters. The van der Waals surface area contributed by atoms with Crippen LogP contribution in [-0.4, -0.2) is 23.1 Å². The zero-order chi connectivity index (χ0) is 33.6. The quantitative estimate of drug-likeness (QED) is 0.0441. The van der Waals surface area contributed by atoms with E-state index < -0.39 is 5.97 Å². The highest BCUT2D eigenvalue weighted by molar-refractivity contribution is 5.69. The van der Waals surface area contributed by atoms with E-state index in [0.717, 1.165) is 103 Å². The highest BCUT2D eigenvalue weighted by Crippen LogP contribution is 2.18. The Balaban J connectivity index is 4.17. The first kappa shape index (κ1) is 43.4. The van der Waals surface area contributed by atoms with Crippen LogP contribution < -0.4 is 0 Å². The van der Waals surface area contributed by atoms with Crippen molar-refractivity contribution in [2.45, 2.75) is 180 Å². The third-order valence-corrected chi connectivity index (χ3v) is 7.96. The zero-order valence-electron chi connectivity index (χ0n) is 29.9. The molecule has 0 amide bonds. The SMILES string of the molecule is CC/C=C\C/C=C\C/C=C\C/C=C\C/C=C\C/C=C\CCC(=O)OC(CCCCCCCCCC)CCCCCCCCC(=O)O. The molecule has 4 heteroatoms. The molecule has 0 fully saturated rings. The van der Waals surface area contributed by atoms with Crippen LogP contribution in [0.5, 0.6) is 0 Å². The number of aliphatic carboxylic acids is 1. The van der Waals surface area contributed by atoms with Crippen LogP contribution in [-0.2, 0) is 14.3 Å². The molecule has 0 aromatic rings. The molecule has 0 aliphatic rings. The Morgan fingerprint density at radius 3 is 1.33 bits per heavy atom. The van der Waals surface area contributed by atoms with Crippen molar-refractivity contribution in [2.75, 3.05) is 0 Å². The third-order valence-electron chi connectivity index (χ3n) is 7.96. The first-order chi connectivity index (χ1) is 22.6. The van der Waals surface area contributed by atoms with Gasteiger partial charge in [0.1, 0.15) is 6.10 Å². The van der Waals surface area contributed by atoms with E-state index in [0.29, 0.717) is 6.42 Å². The number of allylic oxidation sites excluding steroid dienone is 12. The summed E-state index contributed by atoms with van der Waals surface area (Å²) >= 11 is 0. The molecule has 4 nitrogen and oxygen atoms in total. The van der Waals surface area contributed by atoms with Gasteiger partial charge in [0.15, 0.2) is 0 Å². The molecule has 0 aromatic heterocycles. The van der Waals surface area contributed by atoms with Crippen LogP contribution in [0.1, 0.15) is 174 Å². The lowest BCUT2D eigenvalue weighted by molar-refractivity contribution is -0.149. The van der Waals surface area contributed by atoms with Gasteiger partial charge >= 0.3 is 11.9 Å². The lowest BCUT2D eigenvalue weighted by Crippen LogP contribution is -2.18. The molecule has 0 spiro atoms. The molecular formula is C42H70O4. The summed E-state index contributed by atoms with van der Waals surface area (Å²) in [6.07, 6.45) is 52.1. The number of unbranched alkanes of at least 4 members (excludes halogenated alkanes) is 12. The van der Waals surface area contributed by atoms with Crippen molar-refractivity contribution < 1.29 is 19.4 Å². The largest absolute Gasteiger partial charge is 0.481 e. The Hall–Kier alpha value is -2.62. The Bertz CT molecular complexity index is 861. The monoisotopic (exact) mass is 639 g/mol. The van der Waals surface area contributed by atoms with Gasteiger partial charge in [0.25, 0.3) is 0 Å². The van der Waals surface area contributed by atoms with Crippen molar-refractivity contribution in [1.82, 2.24) is 0 Å². The molecule has 0 radical (unpaired) electrons. The predicted octanol–water partition coefficient (Wildman–Crippen LogP) is 13.1. The summed E-state index contributed by atoms with van der Waals surface area (Å²) in [6.45, 7) is 4.41. The van der Waals surface area contributed by atoms with E-state index in [1.807, 2.05) is 0 Å². The van der Waals surface area contributed by atoms with Gasteiger partial charge in [-0.3, -0.25) is 9.59 Å². The summed E-state index contributed by atoms with van der Waals surface area (Å²) in [4.78, 5) is 23.2. The van der Waals surface area contributed by atoms with Crippen LogP contribution in [0.3, 0.4) is 0 Å². The van der Waals surface area contributed by atoms with Crippen molar-refractivity contribution in [2.24, 2.45) is 0 Å². The van der Waals surface area contributed by atoms with Gasteiger partial charge in [-0.1, -0.05) is 157 Å². The molecule has 1 N–H and O–H groups in total. The van der Waals surface area contributed by atoms with E-state index in [-0.39, 0.29) is 18.5 Å². The third kappa shape index (κ3) is 35.9. The lowest BCUT2D eigenvalue weighted by atomic mass is 10.0. The average molecular weight is 639 g/mol. The molecule has 0 saturated carbocycles. The molecule has 0 aromatic carbocycles. The minimum atomic E-state index is -0.702. The number of rotatable bonds is 33. The molecule has 0 aliphatic heterocycles. The van der Waals surface area contributed by atoms with E-state index in [1.165, 1.54) is 44.9 Å². The van der Waals surface area contributed by atoms with Crippen molar-refractivity contribution in [1.29, 1.82) is 0 Å². The van der Waals surface area contributed by atoms with Gasteiger partial charge in [-0.05, 0) is 77.0 Å². The van der Waals surface area contributed by atoms with Gasteiger partial charge in [-0.25, -0.2) is 0 Å². The number of carboxylic acids is 1. The maximum absolute atomic E-state index is 12.6. The number of hydrogen-bond acceptors (Lipinski definition) is 3. The van der Waals surface area contributed by atoms with E-state index in [1.54, 1.807) is 0 Å². The van der Waals surface area contributed by atoms with Gasteiger partial charge in [0.05, 0.1) is 0 Å². The fraction of sp³-hybridized carbons (Fsp3) is 0.667. The van der Waals surface area contributed by atoms with Gasteiger partial charge in [0, 0.05) is 12.8 Å². The van der Waals surface area contributed by atoms with Crippen LogP contribution in [0.2, 0.25) is 0 Å². The summed E-state index contributed by atoms with van der Waals surface area (Å²) in [5.74, 6) is -0.774. The molecule has 0 aliphatic carbocycles. The summed E-state index contributed by atoms with van der Waals surface area (Å²) in [5.41, 5.74) is 0. The first-order valence-corrected chi connectivity index (χ1v) is 18.9. The second-order valence-electron chi connectivity index (χ2n) is 12.4. The second kappa shape index (κ2) is 36.8. The van der Waals surface area contributed by atoms with Crippen molar-refractivity contribution in [3.05, 3.63) is 72.9 Å². The Kier molecular flexibility index (Phi) is 34.7. The number of hydrogen-bond donors (Lipinski definition) is 1. The van der Waals surface area contributed by atoms with Crippen LogP contribution >= 0.6 is 0 Å². The molecule has 1 unspecified atom stereocenters. The number of carboxylic acid groups (broad SMARTS) is 1. The number of carbonyl (C=O) groups excluding carboxylic acids is 1.